The van der Waals surface area contributed by atoms with E-state index in [0.717, 1.165) is 0 Å². The van der Waals surface area contributed by atoms with Crippen molar-refractivity contribution in [2.45, 2.75) is 24.0 Å². The quantitative estimate of drug-likeness (QED) is 0.705. The molecule has 0 aromatic rings. The summed E-state index contributed by atoms with van der Waals surface area (Å²) in [6, 6.07) is 0. The molecule has 110 valence electrons. The minimum atomic E-state index is -0.863. The third-order valence-corrected chi connectivity index (χ3v) is 4.50. The van der Waals surface area contributed by atoms with Gasteiger partial charge >= 0.3 is 12.1 Å². The van der Waals surface area contributed by atoms with Crippen LogP contribution in [0.15, 0.2) is 12.7 Å². The lowest BCUT2D eigenvalue weighted by atomic mass is 9.55. The fourth-order valence-electron chi connectivity index (χ4n) is 3.50. The Kier molecular flexibility index (Phi) is 2.81. The second kappa shape index (κ2) is 4.20. The normalized spacial score (nSPS) is 35.8. The van der Waals surface area contributed by atoms with Crippen molar-refractivity contribution in [3.05, 3.63) is 12.7 Å². The van der Waals surface area contributed by atoms with E-state index in [1.54, 1.807) is 0 Å². The molecule has 2 N–H and O–H groups in total. The van der Waals surface area contributed by atoms with Gasteiger partial charge in [-0.25, -0.2) is 4.79 Å². The Bertz CT molecular complexity index is 463. The van der Waals surface area contributed by atoms with Crippen LogP contribution in [-0.4, -0.2) is 54.7 Å². The van der Waals surface area contributed by atoms with E-state index in [1.165, 1.54) is 6.08 Å². The maximum absolute atomic E-state index is 11.5. The molecular formula is C13H17NO6. The molecule has 1 amide bonds. The maximum atomic E-state index is 11.5. The van der Waals surface area contributed by atoms with Crippen molar-refractivity contribution in [2.75, 3.05) is 26.4 Å². The molecule has 7 heteroatoms. The van der Waals surface area contributed by atoms with Crippen LogP contribution in [0.4, 0.5) is 4.79 Å². The average molecular weight is 283 g/mol. The molecule has 0 aromatic carbocycles. The van der Waals surface area contributed by atoms with Crippen molar-refractivity contribution < 1.29 is 28.9 Å². The Morgan fingerprint density at radius 3 is 2.55 bits per heavy atom. The third kappa shape index (κ3) is 1.59. The topological polar surface area (TPSA) is 94.1 Å². The maximum Gasteiger partial charge on any atom is 0.407 e. The van der Waals surface area contributed by atoms with Gasteiger partial charge in [-0.05, 0) is 12.8 Å². The molecule has 3 heterocycles. The SMILES string of the molecule is C=CCOC(=O)NCC12CC(C(=O)O)(C1)C1(COC1)O2. The molecular weight excluding hydrogens is 266 g/mol. The van der Waals surface area contributed by atoms with E-state index in [-0.39, 0.29) is 13.2 Å². The lowest BCUT2D eigenvalue weighted by Gasteiger charge is -2.47. The van der Waals surface area contributed by atoms with Gasteiger partial charge in [0.2, 0.25) is 0 Å². The van der Waals surface area contributed by atoms with Gasteiger partial charge in [-0.3, -0.25) is 4.79 Å². The molecule has 1 saturated carbocycles. The lowest BCUT2D eigenvalue weighted by molar-refractivity contribution is -0.219. The van der Waals surface area contributed by atoms with E-state index < -0.39 is 28.7 Å². The molecule has 3 saturated heterocycles. The van der Waals surface area contributed by atoms with Crippen LogP contribution in [-0.2, 0) is 19.0 Å². The number of rotatable bonds is 5. The first-order valence-electron chi connectivity index (χ1n) is 6.51. The van der Waals surface area contributed by atoms with Crippen LogP contribution in [0.3, 0.4) is 0 Å². The molecule has 2 bridgehead atoms. The Hall–Kier alpha value is -1.60. The Morgan fingerprint density at radius 2 is 2.10 bits per heavy atom. The highest BCUT2D eigenvalue weighted by Crippen LogP contribution is 2.68. The largest absolute Gasteiger partial charge is 0.481 e. The number of hydrogen-bond donors (Lipinski definition) is 2. The van der Waals surface area contributed by atoms with Crippen molar-refractivity contribution in [3.8, 4) is 0 Å². The van der Waals surface area contributed by atoms with E-state index >= 15 is 0 Å². The molecule has 0 aromatic heterocycles. The number of aliphatic carboxylic acids is 1. The zero-order valence-electron chi connectivity index (χ0n) is 11.0. The van der Waals surface area contributed by atoms with Gasteiger partial charge in [-0.1, -0.05) is 12.7 Å². The van der Waals surface area contributed by atoms with Crippen LogP contribution in [0.25, 0.3) is 0 Å². The molecule has 4 fully saturated rings. The minimum absolute atomic E-state index is 0.135. The molecule has 4 aliphatic rings. The molecule has 4 rings (SSSR count). The van der Waals surface area contributed by atoms with Gasteiger partial charge in [0.25, 0.3) is 0 Å². The van der Waals surface area contributed by atoms with E-state index in [0.29, 0.717) is 26.1 Å². The van der Waals surface area contributed by atoms with Crippen LogP contribution in [0.2, 0.25) is 0 Å². The van der Waals surface area contributed by atoms with E-state index in [1.807, 2.05) is 0 Å². The van der Waals surface area contributed by atoms with Gasteiger partial charge < -0.3 is 24.6 Å². The standard InChI is InChI=1S/C13H17NO6/c1-2-3-19-10(17)14-6-11-4-12(5-11,9(15)16)13(20-11)7-18-8-13/h2H,1,3-8H2,(H,14,17)(H,15,16). The van der Waals surface area contributed by atoms with Crippen LogP contribution >= 0.6 is 0 Å². The fraction of sp³-hybridized carbons (Fsp3) is 0.692. The molecule has 0 radical (unpaired) electrons. The van der Waals surface area contributed by atoms with E-state index in [9.17, 15) is 14.7 Å². The molecule has 1 aliphatic carbocycles. The van der Waals surface area contributed by atoms with Gasteiger partial charge in [0.15, 0.2) is 0 Å². The highest BCUT2D eigenvalue weighted by atomic mass is 16.6. The molecule has 7 nitrogen and oxygen atoms in total. The summed E-state index contributed by atoms with van der Waals surface area (Å²) in [7, 11) is 0. The predicted octanol–water partition coefficient (Wildman–Crippen LogP) is 0.301. The van der Waals surface area contributed by atoms with Gasteiger partial charge in [0.1, 0.15) is 17.6 Å². The summed E-state index contributed by atoms with van der Waals surface area (Å²) < 4.78 is 15.9. The monoisotopic (exact) mass is 283 g/mol. The minimum Gasteiger partial charge on any atom is -0.481 e. The molecule has 0 atom stereocenters. The average Bonchev–Trinajstić information content (AvgIpc) is 2.80. The zero-order chi connectivity index (χ0) is 14.4. The summed E-state index contributed by atoms with van der Waals surface area (Å²) in [4.78, 5) is 22.9. The smallest absolute Gasteiger partial charge is 0.407 e. The Balaban J connectivity index is 1.62. The number of carbonyl (C=O) groups excluding carboxylic acids is 1. The van der Waals surface area contributed by atoms with Crippen molar-refractivity contribution in [3.63, 3.8) is 0 Å². The molecule has 20 heavy (non-hydrogen) atoms. The number of carboxylic acid groups (broad SMARTS) is 1. The van der Waals surface area contributed by atoms with Gasteiger partial charge in [-0.15, -0.1) is 0 Å². The van der Waals surface area contributed by atoms with E-state index in [2.05, 4.69) is 11.9 Å². The molecule has 0 unspecified atom stereocenters. The van der Waals surface area contributed by atoms with Crippen molar-refractivity contribution >= 4 is 12.1 Å². The first-order valence-corrected chi connectivity index (χ1v) is 6.51. The number of amides is 1. The van der Waals surface area contributed by atoms with Gasteiger partial charge in [0, 0.05) is 0 Å². The number of alkyl carbamates (subject to hydrolysis) is 1. The predicted molar refractivity (Wildman–Crippen MR) is 66.2 cm³/mol. The number of carboxylic acids is 1. The lowest BCUT2D eigenvalue weighted by Crippen LogP contribution is -2.63. The molecule has 1 spiro atoms. The number of nitrogens with one attached hydrogen (secondary N) is 1. The van der Waals surface area contributed by atoms with Crippen LogP contribution in [0.5, 0.6) is 0 Å². The molecule has 3 aliphatic heterocycles. The second-order valence-corrected chi connectivity index (χ2v) is 5.75. The third-order valence-electron chi connectivity index (χ3n) is 4.50. The van der Waals surface area contributed by atoms with Crippen molar-refractivity contribution in [1.29, 1.82) is 0 Å². The van der Waals surface area contributed by atoms with Crippen LogP contribution < -0.4 is 5.32 Å². The summed E-state index contributed by atoms with van der Waals surface area (Å²) in [6.07, 6.45) is 1.73. The summed E-state index contributed by atoms with van der Waals surface area (Å²) in [6.45, 7) is 4.45. The zero-order valence-corrected chi connectivity index (χ0v) is 11.0. The summed E-state index contributed by atoms with van der Waals surface area (Å²) >= 11 is 0. The first-order chi connectivity index (χ1) is 9.48. The van der Waals surface area contributed by atoms with Crippen molar-refractivity contribution in [2.24, 2.45) is 5.41 Å². The van der Waals surface area contributed by atoms with Gasteiger partial charge in [0.05, 0.1) is 25.4 Å². The number of ether oxygens (including phenoxy) is 3. The van der Waals surface area contributed by atoms with Gasteiger partial charge in [-0.2, -0.15) is 0 Å². The summed E-state index contributed by atoms with van der Waals surface area (Å²) in [5.74, 6) is -0.844. The van der Waals surface area contributed by atoms with Crippen molar-refractivity contribution in [1.82, 2.24) is 5.32 Å². The highest BCUT2D eigenvalue weighted by molar-refractivity contribution is 5.80. The second-order valence-electron chi connectivity index (χ2n) is 5.75. The summed E-state index contributed by atoms with van der Waals surface area (Å²) in [5, 5.41) is 12.1. The Morgan fingerprint density at radius 1 is 1.40 bits per heavy atom. The number of hydrogen-bond acceptors (Lipinski definition) is 5. The Labute approximate surface area is 115 Å². The number of carbonyl (C=O) groups is 2. The fourth-order valence-corrected chi connectivity index (χ4v) is 3.50. The summed E-state index contributed by atoms with van der Waals surface area (Å²) in [5.41, 5.74) is -2.18. The van der Waals surface area contributed by atoms with Crippen LogP contribution in [0, 0.1) is 5.41 Å². The first kappa shape index (κ1) is 13.4. The van der Waals surface area contributed by atoms with Crippen LogP contribution in [0.1, 0.15) is 12.8 Å². The van der Waals surface area contributed by atoms with E-state index in [4.69, 9.17) is 14.2 Å². The highest BCUT2D eigenvalue weighted by Gasteiger charge is 2.80.